The second-order valence-corrected chi connectivity index (χ2v) is 5.82. The van der Waals surface area contributed by atoms with Crippen LogP contribution in [0.3, 0.4) is 0 Å². The minimum Gasteiger partial charge on any atom is -0.457 e. The number of aliphatic imine (C=N–C) groups is 1. The van der Waals surface area contributed by atoms with Gasteiger partial charge in [-0.15, -0.1) is 0 Å². The van der Waals surface area contributed by atoms with E-state index in [1.807, 2.05) is 0 Å². The Labute approximate surface area is 157 Å². The number of non-ortho nitro benzene ring substituents is 1. The van der Waals surface area contributed by atoms with Crippen molar-refractivity contribution >= 4 is 23.6 Å². The number of nitro groups is 1. The van der Waals surface area contributed by atoms with Crippen molar-refractivity contribution in [3.8, 4) is 11.3 Å². The maximum atomic E-state index is 13.8. The first-order valence-electron chi connectivity index (χ1n) is 8.13. The zero-order valence-corrected chi connectivity index (χ0v) is 14.2. The Bertz CT molecular complexity index is 1150. The molecule has 0 atom stereocenters. The number of esters is 1. The number of rotatable bonds is 4. The van der Waals surface area contributed by atoms with Gasteiger partial charge in [0.25, 0.3) is 5.69 Å². The van der Waals surface area contributed by atoms with E-state index >= 15 is 0 Å². The van der Waals surface area contributed by atoms with Crippen LogP contribution in [-0.4, -0.2) is 16.8 Å². The lowest BCUT2D eigenvalue weighted by atomic mass is 10.1. The van der Waals surface area contributed by atoms with Gasteiger partial charge in [-0.2, -0.15) is 0 Å². The largest absolute Gasteiger partial charge is 0.457 e. The zero-order valence-electron chi connectivity index (χ0n) is 14.2. The van der Waals surface area contributed by atoms with Crippen molar-refractivity contribution in [2.75, 3.05) is 0 Å². The molecule has 138 valence electrons. The Morgan fingerprint density at radius 3 is 2.50 bits per heavy atom. The van der Waals surface area contributed by atoms with E-state index in [0.717, 1.165) is 0 Å². The van der Waals surface area contributed by atoms with E-state index in [0.29, 0.717) is 17.1 Å². The number of benzene rings is 2. The lowest BCUT2D eigenvalue weighted by Gasteiger charge is -1.99. The van der Waals surface area contributed by atoms with E-state index in [2.05, 4.69) is 4.99 Å². The minimum atomic E-state index is -0.716. The van der Waals surface area contributed by atoms with Crippen LogP contribution in [0.4, 0.5) is 10.1 Å². The third-order valence-electron chi connectivity index (χ3n) is 3.99. The summed E-state index contributed by atoms with van der Waals surface area (Å²) in [5.41, 5.74) is 0.675. The molecule has 0 spiro atoms. The number of nitro benzene ring substituents is 1. The van der Waals surface area contributed by atoms with Crippen molar-refractivity contribution in [1.29, 1.82) is 0 Å². The molecule has 0 saturated heterocycles. The molecule has 3 aromatic rings. The van der Waals surface area contributed by atoms with Crippen LogP contribution in [0.2, 0.25) is 0 Å². The number of hydrogen-bond acceptors (Lipinski definition) is 6. The van der Waals surface area contributed by atoms with Crippen LogP contribution in [0.25, 0.3) is 17.4 Å². The highest BCUT2D eigenvalue weighted by molar-refractivity contribution is 6.12. The molecule has 2 heterocycles. The van der Waals surface area contributed by atoms with Crippen LogP contribution in [0.5, 0.6) is 0 Å². The number of furan rings is 1. The Kier molecular flexibility index (Phi) is 4.29. The minimum absolute atomic E-state index is 0.0251. The summed E-state index contributed by atoms with van der Waals surface area (Å²) < 4.78 is 24.5. The zero-order chi connectivity index (χ0) is 19.7. The Hall–Kier alpha value is -4.07. The Morgan fingerprint density at radius 1 is 1.04 bits per heavy atom. The molecule has 0 bridgehead atoms. The third-order valence-corrected chi connectivity index (χ3v) is 3.99. The lowest BCUT2D eigenvalue weighted by Crippen LogP contribution is -2.07. The molecule has 0 fully saturated rings. The molecule has 0 radical (unpaired) electrons. The van der Waals surface area contributed by atoms with Gasteiger partial charge in [0.1, 0.15) is 17.3 Å². The van der Waals surface area contributed by atoms with Crippen molar-refractivity contribution in [3.63, 3.8) is 0 Å². The molecule has 0 unspecified atom stereocenters. The van der Waals surface area contributed by atoms with E-state index in [1.165, 1.54) is 36.4 Å². The number of halogens is 1. The maximum absolute atomic E-state index is 13.8. The summed E-state index contributed by atoms with van der Waals surface area (Å²) in [6.07, 6.45) is 1.38. The Balaban J connectivity index is 1.60. The molecule has 0 N–H and O–H groups in total. The molecule has 0 amide bonds. The highest BCUT2D eigenvalue weighted by Crippen LogP contribution is 2.27. The summed E-state index contributed by atoms with van der Waals surface area (Å²) >= 11 is 0. The van der Waals surface area contributed by atoms with Crippen molar-refractivity contribution in [1.82, 2.24) is 0 Å². The van der Waals surface area contributed by atoms with Gasteiger partial charge >= 0.3 is 5.97 Å². The van der Waals surface area contributed by atoms with Crippen LogP contribution in [0.15, 0.2) is 75.8 Å². The van der Waals surface area contributed by atoms with Gasteiger partial charge in [-0.3, -0.25) is 10.1 Å². The fourth-order valence-electron chi connectivity index (χ4n) is 2.63. The third kappa shape index (κ3) is 3.30. The van der Waals surface area contributed by atoms with Crippen LogP contribution >= 0.6 is 0 Å². The molecule has 1 aliphatic heterocycles. The van der Waals surface area contributed by atoms with E-state index in [9.17, 15) is 19.3 Å². The molecule has 1 aromatic heterocycles. The second-order valence-electron chi connectivity index (χ2n) is 5.82. The van der Waals surface area contributed by atoms with Gasteiger partial charge in [-0.25, -0.2) is 14.2 Å². The fourth-order valence-corrected chi connectivity index (χ4v) is 2.63. The number of nitrogens with zero attached hydrogens (tertiary/aromatic N) is 2. The highest BCUT2D eigenvalue weighted by atomic mass is 19.1. The molecule has 0 saturated carbocycles. The molecule has 8 heteroatoms. The molecule has 0 aliphatic carbocycles. The highest BCUT2D eigenvalue weighted by Gasteiger charge is 2.26. The second kappa shape index (κ2) is 6.92. The first-order valence-corrected chi connectivity index (χ1v) is 8.13. The molecule has 28 heavy (non-hydrogen) atoms. The molecule has 2 aromatic carbocycles. The van der Waals surface area contributed by atoms with Gasteiger partial charge in [0, 0.05) is 23.8 Å². The first-order chi connectivity index (χ1) is 13.5. The topological polar surface area (TPSA) is 94.9 Å². The van der Waals surface area contributed by atoms with E-state index in [4.69, 9.17) is 9.15 Å². The van der Waals surface area contributed by atoms with Gasteiger partial charge in [-0.1, -0.05) is 12.1 Å². The van der Waals surface area contributed by atoms with Gasteiger partial charge in [-0.05, 0) is 36.4 Å². The first kappa shape index (κ1) is 17.3. The van der Waals surface area contributed by atoms with Crippen molar-refractivity contribution in [2.45, 2.75) is 0 Å². The predicted octanol–water partition coefficient (Wildman–Crippen LogP) is 4.34. The smallest absolute Gasteiger partial charge is 0.363 e. The summed E-state index contributed by atoms with van der Waals surface area (Å²) in [5, 5.41) is 10.7. The predicted molar refractivity (Wildman–Crippen MR) is 97.8 cm³/mol. The SMILES string of the molecule is O=C1OC(c2ccccc2F)=N/C1=C\c1ccc(-c2ccc([N+](=O)[O-])cc2)o1. The monoisotopic (exact) mass is 378 g/mol. The average Bonchev–Trinajstić information content (AvgIpc) is 3.30. The standard InChI is InChI=1S/C20H11FN2O5/c21-16-4-2-1-3-15(16)19-22-17(20(24)28-19)11-14-9-10-18(27-14)12-5-7-13(8-6-12)23(25)26/h1-11H/b17-11-. The summed E-state index contributed by atoms with van der Waals surface area (Å²) in [5.74, 6) is -0.581. The van der Waals surface area contributed by atoms with E-state index < -0.39 is 16.7 Å². The number of carbonyl (C=O) groups is 1. The van der Waals surface area contributed by atoms with E-state index in [-0.39, 0.29) is 22.8 Å². The number of cyclic esters (lactones) is 1. The lowest BCUT2D eigenvalue weighted by molar-refractivity contribution is -0.384. The van der Waals surface area contributed by atoms with Gasteiger partial charge in [0.15, 0.2) is 5.70 Å². The summed E-state index contributed by atoms with van der Waals surface area (Å²) in [6.45, 7) is 0. The van der Waals surface area contributed by atoms with Crippen molar-refractivity contribution in [3.05, 3.63) is 93.6 Å². The molecular formula is C20H11FN2O5. The Morgan fingerprint density at radius 2 is 1.79 bits per heavy atom. The van der Waals surface area contributed by atoms with Gasteiger partial charge < -0.3 is 9.15 Å². The van der Waals surface area contributed by atoms with Gasteiger partial charge in [0.05, 0.1) is 10.5 Å². The van der Waals surface area contributed by atoms with Crippen LogP contribution < -0.4 is 0 Å². The quantitative estimate of drug-likeness (QED) is 0.291. The molecule has 4 rings (SSSR count). The van der Waals surface area contributed by atoms with Crippen LogP contribution in [-0.2, 0) is 9.53 Å². The normalized spacial score (nSPS) is 14.8. The fraction of sp³-hybridized carbons (Fsp3) is 0. The summed E-state index contributed by atoms with van der Waals surface area (Å²) in [4.78, 5) is 26.3. The van der Waals surface area contributed by atoms with Crippen LogP contribution in [0, 0.1) is 15.9 Å². The van der Waals surface area contributed by atoms with Crippen LogP contribution in [0.1, 0.15) is 11.3 Å². The molecule has 1 aliphatic rings. The summed E-state index contributed by atoms with van der Waals surface area (Å²) in [6, 6.07) is 15.0. The number of ether oxygens (including phenoxy) is 1. The number of carbonyl (C=O) groups excluding carboxylic acids is 1. The van der Waals surface area contributed by atoms with Crippen molar-refractivity contribution in [2.24, 2.45) is 4.99 Å². The van der Waals surface area contributed by atoms with Gasteiger partial charge in [0.2, 0.25) is 5.90 Å². The maximum Gasteiger partial charge on any atom is 0.363 e. The van der Waals surface area contributed by atoms with Crippen molar-refractivity contribution < 1.29 is 23.3 Å². The number of hydrogen-bond donors (Lipinski definition) is 0. The molecule has 7 nitrogen and oxygen atoms in total. The van der Waals surface area contributed by atoms with E-state index in [1.54, 1.807) is 30.3 Å². The average molecular weight is 378 g/mol. The molecular weight excluding hydrogens is 367 g/mol. The summed E-state index contributed by atoms with van der Waals surface area (Å²) in [7, 11) is 0.